The predicted molar refractivity (Wildman–Crippen MR) is 82.7 cm³/mol. The zero-order chi connectivity index (χ0) is 14.0. The Morgan fingerprint density at radius 1 is 1.21 bits per heavy atom. The zero-order valence-corrected chi connectivity index (χ0v) is 13.9. The maximum atomic E-state index is 6.39. The van der Waals surface area contributed by atoms with E-state index in [2.05, 4.69) is 22.9 Å². The van der Waals surface area contributed by atoms with Crippen LogP contribution in [-0.2, 0) is 0 Å². The van der Waals surface area contributed by atoms with E-state index < -0.39 is 0 Å². The van der Waals surface area contributed by atoms with Gasteiger partial charge in [-0.15, -0.1) is 0 Å². The Bertz CT molecular complexity index is 450. The van der Waals surface area contributed by atoms with Crippen molar-refractivity contribution in [1.82, 2.24) is 0 Å². The van der Waals surface area contributed by atoms with Crippen molar-refractivity contribution in [2.75, 3.05) is 14.2 Å². The molecule has 1 saturated carbocycles. The highest BCUT2D eigenvalue weighted by atomic mass is 79.9. The van der Waals surface area contributed by atoms with Crippen LogP contribution in [0.25, 0.3) is 0 Å². The summed E-state index contributed by atoms with van der Waals surface area (Å²) in [5, 5.41) is 0.735. The summed E-state index contributed by atoms with van der Waals surface area (Å²) in [5.74, 6) is 2.77. The van der Waals surface area contributed by atoms with E-state index in [1.54, 1.807) is 14.2 Å². The Hall–Kier alpha value is -0.410. The maximum Gasteiger partial charge on any atom is 0.162 e. The molecule has 19 heavy (non-hydrogen) atoms. The van der Waals surface area contributed by atoms with Gasteiger partial charge in [0.1, 0.15) is 0 Å². The number of hydrogen-bond donors (Lipinski definition) is 0. The third-order valence-corrected chi connectivity index (χ3v) is 5.60. The van der Waals surface area contributed by atoms with E-state index >= 15 is 0 Å². The molecule has 0 bridgehead atoms. The largest absolute Gasteiger partial charge is 0.493 e. The molecule has 0 spiro atoms. The molecular weight excluding hydrogens is 328 g/mol. The van der Waals surface area contributed by atoms with Crippen LogP contribution in [0, 0.1) is 11.8 Å². The Kier molecular flexibility index (Phi) is 5.02. The lowest BCUT2D eigenvalue weighted by Gasteiger charge is -2.24. The molecule has 106 valence electrons. The third-order valence-electron chi connectivity index (χ3n) is 4.10. The molecule has 2 rings (SSSR count). The second kappa shape index (κ2) is 6.36. The fourth-order valence-corrected chi connectivity index (χ4v) is 4.49. The van der Waals surface area contributed by atoms with Crippen LogP contribution in [0.2, 0.25) is 5.02 Å². The first-order valence-electron chi connectivity index (χ1n) is 6.64. The van der Waals surface area contributed by atoms with Crippen LogP contribution >= 0.6 is 27.5 Å². The van der Waals surface area contributed by atoms with Gasteiger partial charge in [0.25, 0.3) is 0 Å². The highest BCUT2D eigenvalue weighted by Crippen LogP contribution is 2.48. The molecule has 1 aliphatic rings. The molecule has 0 heterocycles. The minimum absolute atomic E-state index is 0.275. The third kappa shape index (κ3) is 3.03. The number of benzene rings is 1. The fraction of sp³-hybridized carbons (Fsp3) is 0.600. The summed E-state index contributed by atoms with van der Waals surface area (Å²) in [4.78, 5) is 0.275. The summed E-state index contributed by atoms with van der Waals surface area (Å²) in [6.45, 7) is 2.32. The normalized spacial score (nSPS) is 24.3. The summed E-state index contributed by atoms with van der Waals surface area (Å²) in [6.07, 6.45) is 3.86. The first-order valence-corrected chi connectivity index (χ1v) is 7.93. The molecule has 2 nitrogen and oxygen atoms in total. The lowest BCUT2D eigenvalue weighted by molar-refractivity contribution is 0.353. The Labute approximate surface area is 128 Å². The number of alkyl halides is 1. The van der Waals surface area contributed by atoms with Crippen molar-refractivity contribution in [2.45, 2.75) is 31.0 Å². The van der Waals surface area contributed by atoms with E-state index in [1.165, 1.54) is 19.3 Å². The van der Waals surface area contributed by atoms with Gasteiger partial charge >= 0.3 is 0 Å². The summed E-state index contributed by atoms with van der Waals surface area (Å²) >= 11 is 10.2. The SMILES string of the molecule is COc1cc(Cl)c(C(Br)C2CCCC2C)cc1OC. The molecule has 3 unspecified atom stereocenters. The van der Waals surface area contributed by atoms with Crippen molar-refractivity contribution in [3.05, 3.63) is 22.7 Å². The van der Waals surface area contributed by atoms with Crippen molar-refractivity contribution in [3.8, 4) is 11.5 Å². The topological polar surface area (TPSA) is 18.5 Å². The Morgan fingerprint density at radius 3 is 2.37 bits per heavy atom. The van der Waals surface area contributed by atoms with Crippen LogP contribution in [0.3, 0.4) is 0 Å². The molecule has 0 aromatic heterocycles. The summed E-state index contributed by atoms with van der Waals surface area (Å²) in [5.41, 5.74) is 1.10. The highest BCUT2D eigenvalue weighted by Gasteiger charge is 2.31. The van der Waals surface area contributed by atoms with Crippen LogP contribution in [0.1, 0.15) is 36.6 Å². The van der Waals surface area contributed by atoms with Crippen LogP contribution in [-0.4, -0.2) is 14.2 Å². The van der Waals surface area contributed by atoms with E-state index in [0.29, 0.717) is 11.7 Å². The van der Waals surface area contributed by atoms with Gasteiger partial charge in [-0.25, -0.2) is 0 Å². The second-order valence-corrected chi connectivity index (χ2v) is 6.60. The van der Waals surface area contributed by atoms with E-state index in [9.17, 15) is 0 Å². The number of rotatable bonds is 4. The Balaban J connectivity index is 2.33. The van der Waals surface area contributed by atoms with E-state index in [0.717, 1.165) is 22.3 Å². The lowest BCUT2D eigenvalue weighted by Crippen LogP contribution is -2.11. The van der Waals surface area contributed by atoms with Gasteiger partial charge in [0.05, 0.1) is 14.2 Å². The Morgan fingerprint density at radius 2 is 1.84 bits per heavy atom. The van der Waals surface area contributed by atoms with E-state index in [-0.39, 0.29) is 4.83 Å². The first-order chi connectivity index (χ1) is 9.08. The van der Waals surface area contributed by atoms with Crippen molar-refractivity contribution < 1.29 is 9.47 Å². The molecule has 0 amide bonds. The maximum absolute atomic E-state index is 6.39. The van der Waals surface area contributed by atoms with Crippen LogP contribution < -0.4 is 9.47 Å². The summed E-state index contributed by atoms with van der Waals surface area (Å²) in [6, 6.07) is 3.83. The molecule has 0 aliphatic heterocycles. The van der Waals surface area contributed by atoms with Gasteiger partial charge in [-0.1, -0.05) is 47.3 Å². The predicted octanol–water partition coefficient (Wildman–Crippen LogP) is 5.23. The van der Waals surface area contributed by atoms with Crippen LogP contribution in [0.15, 0.2) is 12.1 Å². The van der Waals surface area contributed by atoms with Gasteiger partial charge in [-0.3, -0.25) is 0 Å². The van der Waals surface area contributed by atoms with Crippen molar-refractivity contribution in [1.29, 1.82) is 0 Å². The minimum atomic E-state index is 0.275. The number of methoxy groups -OCH3 is 2. The quantitative estimate of drug-likeness (QED) is 0.694. The van der Waals surface area contributed by atoms with Gasteiger partial charge in [-0.05, 0) is 29.9 Å². The molecule has 0 saturated heterocycles. The highest BCUT2D eigenvalue weighted by molar-refractivity contribution is 9.09. The second-order valence-electron chi connectivity index (χ2n) is 5.20. The van der Waals surface area contributed by atoms with Crippen molar-refractivity contribution >= 4 is 27.5 Å². The molecule has 0 radical (unpaired) electrons. The van der Waals surface area contributed by atoms with Crippen LogP contribution in [0.4, 0.5) is 0 Å². The monoisotopic (exact) mass is 346 g/mol. The number of ether oxygens (including phenoxy) is 2. The molecule has 1 aromatic rings. The van der Waals surface area contributed by atoms with E-state index in [4.69, 9.17) is 21.1 Å². The first kappa shape index (κ1) is 15.0. The van der Waals surface area contributed by atoms with Gasteiger partial charge in [0, 0.05) is 15.9 Å². The molecule has 0 N–H and O–H groups in total. The average Bonchev–Trinajstić information content (AvgIpc) is 2.83. The van der Waals surface area contributed by atoms with Gasteiger partial charge in [0.2, 0.25) is 0 Å². The fourth-order valence-electron chi connectivity index (χ4n) is 2.92. The smallest absolute Gasteiger partial charge is 0.162 e. The molecule has 1 aliphatic carbocycles. The van der Waals surface area contributed by atoms with Gasteiger partial charge < -0.3 is 9.47 Å². The molecular formula is C15H20BrClO2. The number of halogens is 2. The molecule has 1 aromatic carbocycles. The zero-order valence-electron chi connectivity index (χ0n) is 11.6. The molecule has 3 atom stereocenters. The standard InChI is InChI=1S/C15H20BrClO2/c1-9-5-4-6-10(9)15(16)11-7-13(18-2)14(19-3)8-12(11)17/h7-10,15H,4-6H2,1-3H3. The summed E-state index contributed by atoms with van der Waals surface area (Å²) < 4.78 is 10.6. The van der Waals surface area contributed by atoms with Crippen LogP contribution in [0.5, 0.6) is 11.5 Å². The van der Waals surface area contributed by atoms with Gasteiger partial charge in [-0.2, -0.15) is 0 Å². The average molecular weight is 348 g/mol. The lowest BCUT2D eigenvalue weighted by atomic mass is 9.90. The van der Waals surface area contributed by atoms with E-state index in [1.807, 2.05) is 12.1 Å². The molecule has 4 heteroatoms. The van der Waals surface area contributed by atoms with Gasteiger partial charge in [0.15, 0.2) is 11.5 Å². The minimum Gasteiger partial charge on any atom is -0.493 e. The van der Waals surface area contributed by atoms with Crippen molar-refractivity contribution in [3.63, 3.8) is 0 Å². The summed E-state index contributed by atoms with van der Waals surface area (Å²) in [7, 11) is 3.27. The molecule has 1 fully saturated rings. The van der Waals surface area contributed by atoms with Crippen molar-refractivity contribution in [2.24, 2.45) is 11.8 Å². The number of hydrogen-bond acceptors (Lipinski definition) is 2.